The first-order chi connectivity index (χ1) is 11.2. The molecule has 0 fully saturated rings. The molecule has 0 saturated heterocycles. The Kier molecular flexibility index (Phi) is 5.29. The van der Waals surface area contributed by atoms with Crippen LogP contribution in [0.4, 0.5) is 11.4 Å². The molecule has 0 atom stereocenters. The lowest BCUT2D eigenvalue weighted by Crippen LogP contribution is -2.24. The first kappa shape index (κ1) is 18.0. The van der Waals surface area contributed by atoms with Gasteiger partial charge in [-0.1, -0.05) is 30.3 Å². The number of para-hydroxylation sites is 1. The zero-order valence-corrected chi connectivity index (χ0v) is 15.1. The summed E-state index contributed by atoms with van der Waals surface area (Å²) in [7, 11) is -1.79. The van der Waals surface area contributed by atoms with Crippen molar-refractivity contribution in [2.24, 2.45) is 0 Å². The highest BCUT2D eigenvalue weighted by molar-refractivity contribution is 7.92. The smallest absolute Gasteiger partial charge is 0.231 e. The van der Waals surface area contributed by atoms with Crippen LogP contribution in [0, 0.1) is 13.8 Å². The normalized spacial score (nSPS) is 11.2. The number of carbonyl (C=O) groups is 1. The van der Waals surface area contributed by atoms with E-state index in [0.29, 0.717) is 5.69 Å². The molecule has 24 heavy (non-hydrogen) atoms. The van der Waals surface area contributed by atoms with Gasteiger partial charge in [-0.3, -0.25) is 9.10 Å². The molecule has 0 bridgehead atoms. The third kappa shape index (κ3) is 4.35. The van der Waals surface area contributed by atoms with Crippen LogP contribution in [0.1, 0.15) is 16.7 Å². The van der Waals surface area contributed by atoms with Gasteiger partial charge in [-0.25, -0.2) is 8.42 Å². The van der Waals surface area contributed by atoms with Crippen molar-refractivity contribution in [2.45, 2.75) is 20.3 Å². The van der Waals surface area contributed by atoms with Crippen molar-refractivity contribution in [1.82, 2.24) is 0 Å². The lowest BCUT2D eigenvalue weighted by Gasteiger charge is -2.17. The highest BCUT2D eigenvalue weighted by atomic mass is 32.2. The van der Waals surface area contributed by atoms with E-state index in [9.17, 15) is 13.2 Å². The Morgan fingerprint density at radius 2 is 1.58 bits per heavy atom. The Labute approximate surface area is 143 Å². The molecule has 2 aromatic carbocycles. The molecule has 128 valence electrons. The van der Waals surface area contributed by atoms with Crippen LogP contribution in [-0.2, 0) is 21.2 Å². The molecule has 1 amide bonds. The second-order valence-electron chi connectivity index (χ2n) is 5.89. The van der Waals surface area contributed by atoms with Gasteiger partial charge in [0.2, 0.25) is 15.9 Å². The molecule has 1 N–H and O–H groups in total. The summed E-state index contributed by atoms with van der Waals surface area (Å²) in [5.41, 5.74) is 4.28. The van der Waals surface area contributed by atoms with Gasteiger partial charge in [-0.2, -0.15) is 0 Å². The third-order valence-electron chi connectivity index (χ3n) is 3.91. The maximum atomic E-state index is 12.2. The Morgan fingerprint density at radius 1 is 1.04 bits per heavy atom. The predicted molar refractivity (Wildman–Crippen MR) is 97.9 cm³/mol. The maximum Gasteiger partial charge on any atom is 0.231 e. The van der Waals surface area contributed by atoms with Crippen molar-refractivity contribution < 1.29 is 13.2 Å². The number of hydrogen-bond acceptors (Lipinski definition) is 3. The van der Waals surface area contributed by atoms with Crippen LogP contribution in [0.25, 0.3) is 0 Å². The van der Waals surface area contributed by atoms with Crippen LogP contribution in [0.15, 0.2) is 42.5 Å². The number of carbonyl (C=O) groups excluding carboxylic acids is 1. The minimum atomic E-state index is -3.29. The molecule has 0 unspecified atom stereocenters. The van der Waals surface area contributed by atoms with Crippen molar-refractivity contribution >= 4 is 27.3 Å². The first-order valence-electron chi connectivity index (χ1n) is 7.57. The molecule has 0 aliphatic carbocycles. The average molecular weight is 346 g/mol. The summed E-state index contributed by atoms with van der Waals surface area (Å²) in [5.74, 6) is -0.100. The lowest BCUT2D eigenvalue weighted by atomic mass is 10.1. The summed E-state index contributed by atoms with van der Waals surface area (Å²) < 4.78 is 24.2. The van der Waals surface area contributed by atoms with Crippen LogP contribution >= 0.6 is 0 Å². The van der Waals surface area contributed by atoms with Crippen LogP contribution in [0.3, 0.4) is 0 Å². The van der Waals surface area contributed by atoms with Gasteiger partial charge < -0.3 is 5.32 Å². The van der Waals surface area contributed by atoms with Gasteiger partial charge in [-0.15, -0.1) is 0 Å². The van der Waals surface area contributed by atoms with E-state index in [0.717, 1.165) is 28.6 Å². The van der Waals surface area contributed by atoms with Crippen LogP contribution < -0.4 is 9.62 Å². The number of sulfonamides is 1. The topological polar surface area (TPSA) is 66.5 Å². The van der Waals surface area contributed by atoms with Crippen molar-refractivity contribution in [3.63, 3.8) is 0 Å². The van der Waals surface area contributed by atoms with E-state index >= 15 is 0 Å². The van der Waals surface area contributed by atoms with Gasteiger partial charge in [0.25, 0.3) is 0 Å². The molecule has 0 saturated carbocycles. The van der Waals surface area contributed by atoms with Crippen LogP contribution in [0.2, 0.25) is 0 Å². The molecule has 5 nitrogen and oxygen atoms in total. The van der Waals surface area contributed by atoms with E-state index in [1.807, 2.05) is 32.0 Å². The predicted octanol–water partition coefficient (Wildman–Crippen LogP) is 2.88. The number of benzene rings is 2. The fourth-order valence-corrected chi connectivity index (χ4v) is 2.90. The van der Waals surface area contributed by atoms with Crippen LogP contribution in [-0.4, -0.2) is 27.6 Å². The molecule has 2 aromatic rings. The van der Waals surface area contributed by atoms with Gasteiger partial charge in [0.05, 0.1) is 18.4 Å². The quantitative estimate of drug-likeness (QED) is 0.905. The number of hydrogen-bond donors (Lipinski definition) is 1. The highest BCUT2D eigenvalue weighted by Gasteiger charge is 2.12. The third-order valence-corrected chi connectivity index (χ3v) is 5.11. The molecular weight excluding hydrogens is 324 g/mol. The van der Waals surface area contributed by atoms with E-state index in [4.69, 9.17) is 0 Å². The van der Waals surface area contributed by atoms with Gasteiger partial charge in [0.15, 0.2) is 0 Å². The van der Waals surface area contributed by atoms with E-state index < -0.39 is 10.0 Å². The molecule has 0 aliphatic rings. The Bertz CT molecular complexity index is 823. The Hall–Kier alpha value is -2.34. The number of amides is 1. The number of rotatable bonds is 5. The van der Waals surface area contributed by atoms with E-state index in [-0.39, 0.29) is 12.3 Å². The second-order valence-corrected chi connectivity index (χ2v) is 7.90. The fourth-order valence-electron chi connectivity index (χ4n) is 2.40. The molecule has 2 rings (SSSR count). The summed E-state index contributed by atoms with van der Waals surface area (Å²) >= 11 is 0. The standard InChI is InChI=1S/C18H22N2O3S/c1-13-6-5-7-14(2)18(13)19-17(21)12-15-8-10-16(11-9-15)20(3)24(4,22)23/h5-11H,12H2,1-4H3,(H,19,21). The minimum absolute atomic E-state index is 0.100. The molecular formula is C18H22N2O3S. The number of aryl methyl sites for hydroxylation is 2. The molecule has 6 heteroatoms. The minimum Gasteiger partial charge on any atom is -0.325 e. The van der Waals surface area contributed by atoms with Crippen molar-refractivity contribution in [1.29, 1.82) is 0 Å². The van der Waals surface area contributed by atoms with Gasteiger partial charge in [0.1, 0.15) is 0 Å². The van der Waals surface area contributed by atoms with Gasteiger partial charge in [-0.05, 0) is 42.7 Å². The monoisotopic (exact) mass is 346 g/mol. The SMILES string of the molecule is Cc1cccc(C)c1NC(=O)Cc1ccc(N(C)S(C)(=O)=O)cc1. The second kappa shape index (κ2) is 7.05. The zero-order chi connectivity index (χ0) is 17.9. The van der Waals surface area contributed by atoms with Crippen molar-refractivity contribution in [2.75, 3.05) is 22.9 Å². The molecule has 0 radical (unpaired) electrons. The average Bonchev–Trinajstić information content (AvgIpc) is 2.50. The summed E-state index contributed by atoms with van der Waals surface area (Å²) in [6, 6.07) is 12.8. The first-order valence-corrected chi connectivity index (χ1v) is 9.42. The van der Waals surface area contributed by atoms with E-state index in [1.165, 1.54) is 11.4 Å². The summed E-state index contributed by atoms with van der Waals surface area (Å²) in [6.45, 7) is 3.91. The van der Waals surface area contributed by atoms with Gasteiger partial charge in [0, 0.05) is 12.7 Å². The van der Waals surface area contributed by atoms with Gasteiger partial charge >= 0.3 is 0 Å². The van der Waals surface area contributed by atoms with Crippen molar-refractivity contribution in [3.8, 4) is 0 Å². The van der Waals surface area contributed by atoms with Crippen LogP contribution in [0.5, 0.6) is 0 Å². The summed E-state index contributed by atoms with van der Waals surface area (Å²) in [6.07, 6.45) is 1.38. The van der Waals surface area contributed by atoms with E-state index in [1.54, 1.807) is 24.3 Å². The molecule has 0 aromatic heterocycles. The summed E-state index contributed by atoms with van der Waals surface area (Å²) in [5, 5.41) is 2.94. The largest absolute Gasteiger partial charge is 0.325 e. The highest BCUT2D eigenvalue weighted by Crippen LogP contribution is 2.20. The molecule has 0 spiro atoms. The molecule has 0 heterocycles. The maximum absolute atomic E-state index is 12.2. The number of nitrogens with zero attached hydrogens (tertiary/aromatic N) is 1. The number of anilines is 2. The van der Waals surface area contributed by atoms with Crippen molar-refractivity contribution in [3.05, 3.63) is 59.2 Å². The zero-order valence-electron chi connectivity index (χ0n) is 14.3. The Balaban J connectivity index is 2.07. The Morgan fingerprint density at radius 3 is 2.08 bits per heavy atom. The fraction of sp³-hybridized carbons (Fsp3) is 0.278. The molecule has 0 aliphatic heterocycles. The number of nitrogens with one attached hydrogen (secondary N) is 1. The van der Waals surface area contributed by atoms with E-state index in [2.05, 4.69) is 5.32 Å². The lowest BCUT2D eigenvalue weighted by molar-refractivity contribution is -0.115. The summed E-state index contributed by atoms with van der Waals surface area (Å²) in [4.78, 5) is 12.2.